The number of para-hydroxylation sites is 1. The maximum absolute atomic E-state index is 12.0. The van der Waals surface area contributed by atoms with Crippen LogP contribution in [0.5, 0.6) is 0 Å². The van der Waals surface area contributed by atoms with Gasteiger partial charge in [-0.2, -0.15) is 0 Å². The van der Waals surface area contributed by atoms with Crippen molar-refractivity contribution in [3.8, 4) is 0 Å². The predicted octanol–water partition coefficient (Wildman–Crippen LogP) is 2.75. The number of nitrogens with one attached hydrogen (secondary N) is 1. The van der Waals surface area contributed by atoms with Gasteiger partial charge in [0.15, 0.2) is 0 Å². The van der Waals surface area contributed by atoms with E-state index in [1.54, 1.807) is 6.20 Å². The standard InChI is InChI=1S/C15H17N3O/c1-11-7-8-13(17-12-5-3-2-4-6-12)15-16-10-9-14(19)18(11)15/h2-6,9-11,13,17H,7-8H2,1H3. The van der Waals surface area contributed by atoms with Gasteiger partial charge in [0.1, 0.15) is 5.82 Å². The van der Waals surface area contributed by atoms with Crippen LogP contribution in [0.1, 0.15) is 37.7 Å². The van der Waals surface area contributed by atoms with Gasteiger partial charge in [-0.3, -0.25) is 9.36 Å². The van der Waals surface area contributed by atoms with Crippen molar-refractivity contribution in [3.05, 3.63) is 58.8 Å². The largest absolute Gasteiger partial charge is 0.375 e. The lowest BCUT2D eigenvalue weighted by atomic mass is 10.0. The van der Waals surface area contributed by atoms with Gasteiger partial charge >= 0.3 is 0 Å². The van der Waals surface area contributed by atoms with E-state index < -0.39 is 0 Å². The normalized spacial score (nSPS) is 21.7. The van der Waals surface area contributed by atoms with Crippen LogP contribution in [0.3, 0.4) is 0 Å². The summed E-state index contributed by atoms with van der Waals surface area (Å²) in [7, 11) is 0. The number of benzene rings is 1. The molecule has 98 valence electrons. The van der Waals surface area contributed by atoms with Gasteiger partial charge in [-0.25, -0.2) is 4.98 Å². The van der Waals surface area contributed by atoms with Crippen LogP contribution in [0.2, 0.25) is 0 Å². The Balaban J connectivity index is 1.96. The molecule has 0 fully saturated rings. The van der Waals surface area contributed by atoms with E-state index in [0.29, 0.717) is 0 Å². The van der Waals surface area contributed by atoms with E-state index >= 15 is 0 Å². The van der Waals surface area contributed by atoms with Gasteiger partial charge in [-0.05, 0) is 31.9 Å². The molecule has 2 unspecified atom stereocenters. The molecule has 1 aromatic carbocycles. The Bertz CT molecular complexity index is 621. The highest BCUT2D eigenvalue weighted by Gasteiger charge is 2.26. The summed E-state index contributed by atoms with van der Waals surface area (Å²) in [6.45, 7) is 2.07. The first-order valence-electron chi connectivity index (χ1n) is 6.65. The Morgan fingerprint density at radius 1 is 1.21 bits per heavy atom. The van der Waals surface area contributed by atoms with Crippen LogP contribution in [0.15, 0.2) is 47.4 Å². The van der Waals surface area contributed by atoms with Crippen LogP contribution in [-0.4, -0.2) is 9.55 Å². The molecule has 0 amide bonds. The van der Waals surface area contributed by atoms with Gasteiger partial charge in [0.25, 0.3) is 5.56 Å². The van der Waals surface area contributed by atoms with Gasteiger partial charge in [0.05, 0.1) is 6.04 Å². The minimum absolute atomic E-state index is 0.0389. The molecule has 0 bridgehead atoms. The van der Waals surface area contributed by atoms with Crippen molar-refractivity contribution in [3.63, 3.8) is 0 Å². The number of anilines is 1. The molecule has 1 aliphatic heterocycles. The zero-order chi connectivity index (χ0) is 13.2. The van der Waals surface area contributed by atoms with Gasteiger partial charge < -0.3 is 5.32 Å². The van der Waals surface area contributed by atoms with Crippen molar-refractivity contribution in [2.45, 2.75) is 31.8 Å². The zero-order valence-corrected chi connectivity index (χ0v) is 10.9. The molecule has 2 atom stereocenters. The number of fused-ring (bicyclic) bond motifs is 1. The molecule has 4 nitrogen and oxygen atoms in total. The molecule has 0 saturated carbocycles. The van der Waals surface area contributed by atoms with E-state index in [4.69, 9.17) is 0 Å². The Morgan fingerprint density at radius 3 is 2.79 bits per heavy atom. The molecule has 1 aliphatic rings. The van der Waals surface area contributed by atoms with Crippen LogP contribution < -0.4 is 10.9 Å². The van der Waals surface area contributed by atoms with Crippen molar-refractivity contribution in [1.82, 2.24) is 9.55 Å². The van der Waals surface area contributed by atoms with Gasteiger partial charge in [0.2, 0.25) is 0 Å². The Labute approximate surface area is 112 Å². The third-order valence-corrected chi connectivity index (χ3v) is 3.65. The molecule has 3 rings (SSSR count). The summed E-state index contributed by atoms with van der Waals surface area (Å²) in [4.78, 5) is 16.4. The van der Waals surface area contributed by atoms with Crippen LogP contribution in [0.25, 0.3) is 0 Å². The second-order valence-electron chi connectivity index (χ2n) is 5.00. The molecule has 2 aromatic rings. The summed E-state index contributed by atoms with van der Waals surface area (Å²) in [6.07, 6.45) is 3.58. The Hall–Kier alpha value is -2.10. The van der Waals surface area contributed by atoms with Crippen LogP contribution in [0, 0.1) is 0 Å². The minimum Gasteiger partial charge on any atom is -0.375 e. The highest BCUT2D eigenvalue weighted by molar-refractivity contribution is 5.44. The maximum Gasteiger partial charge on any atom is 0.253 e. The lowest BCUT2D eigenvalue weighted by Gasteiger charge is -2.31. The Kier molecular flexibility index (Phi) is 3.07. The minimum atomic E-state index is 0.0389. The summed E-state index contributed by atoms with van der Waals surface area (Å²) >= 11 is 0. The smallest absolute Gasteiger partial charge is 0.253 e. The molecule has 0 spiro atoms. The SMILES string of the molecule is CC1CCC(Nc2ccccc2)c2nccc(=O)n21. The third-order valence-electron chi connectivity index (χ3n) is 3.65. The van der Waals surface area contributed by atoms with Crippen LogP contribution in [-0.2, 0) is 0 Å². The fraction of sp³-hybridized carbons (Fsp3) is 0.333. The van der Waals surface area contributed by atoms with Crippen molar-refractivity contribution in [1.29, 1.82) is 0 Å². The molecule has 2 heterocycles. The van der Waals surface area contributed by atoms with E-state index in [-0.39, 0.29) is 17.6 Å². The first-order chi connectivity index (χ1) is 9.25. The summed E-state index contributed by atoms with van der Waals surface area (Å²) in [5.41, 5.74) is 1.10. The number of hydrogen-bond acceptors (Lipinski definition) is 3. The average Bonchev–Trinajstić information content (AvgIpc) is 2.43. The molecule has 0 radical (unpaired) electrons. The molecular weight excluding hydrogens is 238 g/mol. The fourth-order valence-electron chi connectivity index (χ4n) is 2.67. The molecule has 1 aromatic heterocycles. The molecule has 0 aliphatic carbocycles. The van der Waals surface area contributed by atoms with Crippen LogP contribution in [0.4, 0.5) is 5.69 Å². The number of aromatic nitrogens is 2. The van der Waals surface area contributed by atoms with Crippen molar-refractivity contribution in [2.24, 2.45) is 0 Å². The van der Waals surface area contributed by atoms with E-state index in [2.05, 4.69) is 17.2 Å². The average molecular weight is 255 g/mol. The monoisotopic (exact) mass is 255 g/mol. The lowest BCUT2D eigenvalue weighted by Crippen LogP contribution is -2.34. The topological polar surface area (TPSA) is 46.9 Å². The second kappa shape index (κ2) is 4.88. The molecule has 19 heavy (non-hydrogen) atoms. The number of rotatable bonds is 2. The quantitative estimate of drug-likeness (QED) is 0.897. The van der Waals surface area contributed by atoms with E-state index in [1.807, 2.05) is 34.9 Å². The first kappa shape index (κ1) is 12.0. The summed E-state index contributed by atoms with van der Waals surface area (Å²) < 4.78 is 1.81. The third kappa shape index (κ3) is 2.26. The summed E-state index contributed by atoms with van der Waals surface area (Å²) in [5.74, 6) is 0.843. The second-order valence-corrected chi connectivity index (χ2v) is 5.00. The van der Waals surface area contributed by atoms with Gasteiger partial charge in [-0.1, -0.05) is 18.2 Å². The predicted molar refractivity (Wildman–Crippen MR) is 75.2 cm³/mol. The molecule has 1 N–H and O–H groups in total. The fourth-order valence-corrected chi connectivity index (χ4v) is 2.67. The highest BCUT2D eigenvalue weighted by atomic mass is 16.1. The molecular formula is C15H17N3O. The van der Waals surface area contributed by atoms with Gasteiger partial charge in [0, 0.05) is 24.0 Å². The van der Waals surface area contributed by atoms with Crippen molar-refractivity contribution >= 4 is 5.69 Å². The summed E-state index contributed by atoms with van der Waals surface area (Å²) in [6, 6.07) is 11.9. The number of nitrogens with zero attached hydrogens (tertiary/aromatic N) is 2. The van der Waals surface area contributed by atoms with Crippen molar-refractivity contribution in [2.75, 3.05) is 5.32 Å². The first-order valence-corrected chi connectivity index (χ1v) is 6.65. The lowest BCUT2D eigenvalue weighted by molar-refractivity contribution is 0.373. The Morgan fingerprint density at radius 2 is 2.00 bits per heavy atom. The number of hydrogen-bond donors (Lipinski definition) is 1. The van der Waals surface area contributed by atoms with Crippen molar-refractivity contribution < 1.29 is 0 Å². The van der Waals surface area contributed by atoms with E-state index in [9.17, 15) is 4.79 Å². The molecule has 4 heteroatoms. The molecule has 0 saturated heterocycles. The van der Waals surface area contributed by atoms with E-state index in [1.165, 1.54) is 6.07 Å². The van der Waals surface area contributed by atoms with Gasteiger partial charge in [-0.15, -0.1) is 0 Å². The highest BCUT2D eigenvalue weighted by Crippen LogP contribution is 2.31. The van der Waals surface area contributed by atoms with E-state index in [0.717, 1.165) is 24.4 Å². The maximum atomic E-state index is 12.0. The summed E-state index contributed by atoms with van der Waals surface area (Å²) in [5, 5.41) is 3.46. The zero-order valence-electron chi connectivity index (χ0n) is 10.9. The van der Waals surface area contributed by atoms with Crippen LogP contribution >= 0.6 is 0 Å².